The van der Waals surface area contributed by atoms with Gasteiger partial charge in [-0.15, -0.1) is 0 Å². The number of anilines is 3. The van der Waals surface area contributed by atoms with Gasteiger partial charge < -0.3 is 21.7 Å². The Morgan fingerprint density at radius 3 is 2.28 bits per heavy atom. The Hall–Kier alpha value is -4.43. The lowest BCUT2D eigenvalue weighted by Crippen LogP contribution is -2.40. The largest absolute Gasteiger partial charge is 0.397 e. The Kier molecular flexibility index (Phi) is 7.46. The summed E-state index contributed by atoms with van der Waals surface area (Å²) in [5.74, 6) is -2.73. The molecule has 182 valence electrons. The lowest BCUT2D eigenvalue weighted by Gasteiger charge is -2.25. The number of carbonyl (C=O) groups is 3. The van der Waals surface area contributed by atoms with Crippen LogP contribution in [0.5, 0.6) is 0 Å². The minimum atomic E-state index is -1.18. The number of hydrogen-bond acceptors (Lipinski definition) is 5. The Labute approximate surface area is 213 Å². The third kappa shape index (κ3) is 5.29. The number of para-hydroxylation sites is 1. The number of carbonyl (C=O) groups excluding carboxylic acids is 3. The maximum atomic E-state index is 13.3. The van der Waals surface area contributed by atoms with Gasteiger partial charge in [-0.1, -0.05) is 36.4 Å². The third-order valence-electron chi connectivity index (χ3n) is 5.84. The molecular formula is C28H26N4O3S. The van der Waals surface area contributed by atoms with Crippen molar-refractivity contribution < 1.29 is 14.4 Å². The summed E-state index contributed by atoms with van der Waals surface area (Å²) < 4.78 is 0. The van der Waals surface area contributed by atoms with Crippen molar-refractivity contribution in [2.24, 2.45) is 5.73 Å². The van der Waals surface area contributed by atoms with Gasteiger partial charge in [0.15, 0.2) is 0 Å². The molecule has 0 spiro atoms. The smallest absolute Gasteiger partial charge is 0.255 e. The number of thiophene rings is 1. The number of nitrogens with two attached hydrogens (primary N) is 2. The number of benzene rings is 3. The first-order valence-corrected chi connectivity index (χ1v) is 12.3. The second-order valence-corrected chi connectivity index (χ2v) is 8.92. The SMILES string of the molecule is CCN(C(=O)C(C(N)=O)c1ccc(C(=O)Nc2cc(-c3ccsc3)ccc2N)cc1)c1ccccc1. The fraction of sp³-hybridized carbons (Fsp3) is 0.107. The number of hydrogen-bond donors (Lipinski definition) is 3. The first-order valence-electron chi connectivity index (χ1n) is 11.4. The van der Waals surface area contributed by atoms with Crippen LogP contribution in [0.3, 0.4) is 0 Å². The molecule has 0 bridgehead atoms. The molecule has 4 rings (SSSR count). The van der Waals surface area contributed by atoms with Crippen LogP contribution in [0, 0.1) is 0 Å². The standard InChI is InChI=1S/C28H26N4O3S/c1-2-32(22-6-4-3-5-7-22)28(35)25(26(30)33)18-8-10-19(11-9-18)27(34)31-24-16-20(12-13-23(24)29)21-14-15-36-17-21/h3-17,25H,2,29H2,1H3,(H2,30,33)(H,31,34). The maximum Gasteiger partial charge on any atom is 0.255 e. The van der Waals surface area contributed by atoms with Gasteiger partial charge >= 0.3 is 0 Å². The average molecular weight is 499 g/mol. The summed E-state index contributed by atoms with van der Waals surface area (Å²) in [5.41, 5.74) is 16.1. The number of nitrogen functional groups attached to an aromatic ring is 1. The van der Waals surface area contributed by atoms with E-state index in [4.69, 9.17) is 11.5 Å². The van der Waals surface area contributed by atoms with Gasteiger partial charge in [0, 0.05) is 17.8 Å². The van der Waals surface area contributed by atoms with E-state index in [1.807, 2.05) is 54.1 Å². The van der Waals surface area contributed by atoms with Crippen LogP contribution in [0.25, 0.3) is 11.1 Å². The van der Waals surface area contributed by atoms with Crippen LogP contribution in [0.15, 0.2) is 89.6 Å². The lowest BCUT2D eigenvalue weighted by molar-refractivity contribution is -0.128. The van der Waals surface area contributed by atoms with Crippen molar-refractivity contribution in [3.8, 4) is 11.1 Å². The fourth-order valence-corrected chi connectivity index (χ4v) is 4.62. The molecule has 0 saturated carbocycles. The molecule has 0 fully saturated rings. The summed E-state index contributed by atoms with van der Waals surface area (Å²) in [5, 5.41) is 6.84. The second-order valence-electron chi connectivity index (χ2n) is 8.14. The van der Waals surface area contributed by atoms with Crippen LogP contribution in [-0.4, -0.2) is 24.3 Å². The summed E-state index contributed by atoms with van der Waals surface area (Å²) in [6, 6.07) is 22.8. The number of nitrogens with one attached hydrogen (secondary N) is 1. The normalized spacial score (nSPS) is 11.5. The topological polar surface area (TPSA) is 119 Å². The molecule has 7 nitrogen and oxygen atoms in total. The molecule has 0 aliphatic heterocycles. The summed E-state index contributed by atoms with van der Waals surface area (Å²) in [6.07, 6.45) is 0. The maximum absolute atomic E-state index is 13.3. The molecule has 3 amide bonds. The number of nitrogens with zero attached hydrogens (tertiary/aromatic N) is 1. The highest BCUT2D eigenvalue weighted by Gasteiger charge is 2.31. The van der Waals surface area contributed by atoms with Crippen LogP contribution in [-0.2, 0) is 9.59 Å². The van der Waals surface area contributed by atoms with E-state index in [1.54, 1.807) is 53.8 Å². The Balaban J connectivity index is 1.54. The van der Waals surface area contributed by atoms with Gasteiger partial charge in [0.1, 0.15) is 5.92 Å². The van der Waals surface area contributed by atoms with Crippen LogP contribution in [0.1, 0.15) is 28.8 Å². The van der Waals surface area contributed by atoms with Crippen molar-refractivity contribution in [1.82, 2.24) is 0 Å². The Morgan fingerprint density at radius 1 is 0.944 bits per heavy atom. The van der Waals surface area contributed by atoms with Crippen LogP contribution < -0.4 is 21.7 Å². The number of likely N-dealkylation sites (N-methyl/N-ethyl adjacent to an activating group) is 1. The van der Waals surface area contributed by atoms with Gasteiger partial charge in [0.05, 0.1) is 11.4 Å². The number of primary amides is 1. The molecule has 0 saturated heterocycles. The van der Waals surface area contributed by atoms with E-state index in [0.717, 1.165) is 11.1 Å². The molecule has 36 heavy (non-hydrogen) atoms. The highest BCUT2D eigenvalue weighted by molar-refractivity contribution is 7.08. The van der Waals surface area contributed by atoms with Gasteiger partial charge in [-0.25, -0.2) is 0 Å². The van der Waals surface area contributed by atoms with E-state index in [9.17, 15) is 14.4 Å². The molecule has 3 aromatic carbocycles. The van der Waals surface area contributed by atoms with Gasteiger partial charge in [0.25, 0.3) is 5.91 Å². The molecule has 0 radical (unpaired) electrons. The van der Waals surface area contributed by atoms with E-state index in [1.165, 1.54) is 4.90 Å². The summed E-state index contributed by atoms with van der Waals surface area (Å²) >= 11 is 1.59. The summed E-state index contributed by atoms with van der Waals surface area (Å²) in [6.45, 7) is 2.20. The van der Waals surface area contributed by atoms with Gasteiger partial charge in [0.2, 0.25) is 11.8 Å². The Bertz CT molecular complexity index is 1370. The zero-order valence-corrected chi connectivity index (χ0v) is 20.5. The highest BCUT2D eigenvalue weighted by Crippen LogP contribution is 2.29. The molecular weight excluding hydrogens is 472 g/mol. The van der Waals surface area contributed by atoms with Crippen LogP contribution >= 0.6 is 11.3 Å². The fourth-order valence-electron chi connectivity index (χ4n) is 3.95. The van der Waals surface area contributed by atoms with E-state index in [-0.39, 0.29) is 5.91 Å². The van der Waals surface area contributed by atoms with Crippen molar-refractivity contribution >= 4 is 46.1 Å². The quantitative estimate of drug-likeness (QED) is 0.237. The first kappa shape index (κ1) is 24.7. The van der Waals surface area contributed by atoms with Crippen LogP contribution in [0.2, 0.25) is 0 Å². The van der Waals surface area contributed by atoms with E-state index in [2.05, 4.69) is 5.32 Å². The van der Waals surface area contributed by atoms with Crippen molar-refractivity contribution in [3.63, 3.8) is 0 Å². The predicted molar refractivity (Wildman–Crippen MR) is 145 cm³/mol. The minimum Gasteiger partial charge on any atom is -0.397 e. The summed E-state index contributed by atoms with van der Waals surface area (Å²) in [4.78, 5) is 40.0. The molecule has 1 atom stereocenters. The van der Waals surface area contributed by atoms with Crippen molar-refractivity contribution in [2.75, 3.05) is 22.5 Å². The third-order valence-corrected chi connectivity index (χ3v) is 6.53. The van der Waals surface area contributed by atoms with Gasteiger partial charge in [-0.2, -0.15) is 11.3 Å². The summed E-state index contributed by atoms with van der Waals surface area (Å²) in [7, 11) is 0. The highest BCUT2D eigenvalue weighted by atomic mass is 32.1. The van der Waals surface area contributed by atoms with E-state index >= 15 is 0 Å². The molecule has 0 aliphatic rings. The van der Waals surface area contributed by atoms with Gasteiger partial charge in [-0.05, 0) is 76.8 Å². The molecule has 1 aromatic heterocycles. The zero-order valence-electron chi connectivity index (χ0n) is 19.7. The molecule has 4 aromatic rings. The zero-order chi connectivity index (χ0) is 25.7. The minimum absolute atomic E-state index is 0.352. The van der Waals surface area contributed by atoms with E-state index in [0.29, 0.717) is 34.7 Å². The Morgan fingerprint density at radius 2 is 1.67 bits per heavy atom. The first-order chi connectivity index (χ1) is 17.4. The van der Waals surface area contributed by atoms with Crippen LogP contribution in [0.4, 0.5) is 17.1 Å². The average Bonchev–Trinajstić information content (AvgIpc) is 3.42. The predicted octanol–water partition coefficient (Wildman–Crippen LogP) is 4.87. The van der Waals surface area contributed by atoms with Crippen molar-refractivity contribution in [1.29, 1.82) is 0 Å². The van der Waals surface area contributed by atoms with Gasteiger partial charge in [-0.3, -0.25) is 14.4 Å². The van der Waals surface area contributed by atoms with Crippen molar-refractivity contribution in [3.05, 3.63) is 101 Å². The monoisotopic (exact) mass is 498 g/mol. The lowest BCUT2D eigenvalue weighted by atomic mass is 9.95. The molecule has 0 aliphatic carbocycles. The second kappa shape index (κ2) is 10.9. The van der Waals surface area contributed by atoms with Crippen molar-refractivity contribution in [2.45, 2.75) is 12.8 Å². The number of rotatable bonds is 8. The molecule has 1 heterocycles. The molecule has 1 unspecified atom stereocenters. The molecule has 5 N–H and O–H groups in total. The number of amides is 3. The van der Waals surface area contributed by atoms with E-state index < -0.39 is 17.7 Å². The molecule has 8 heteroatoms.